The van der Waals surface area contributed by atoms with Crippen LogP contribution < -0.4 is 10.6 Å². The second kappa shape index (κ2) is 5.77. The van der Waals surface area contributed by atoms with E-state index < -0.39 is 0 Å². The van der Waals surface area contributed by atoms with Crippen molar-refractivity contribution in [1.29, 1.82) is 0 Å². The van der Waals surface area contributed by atoms with Gasteiger partial charge in [0.2, 0.25) is 0 Å². The third kappa shape index (κ3) is 3.37. The lowest BCUT2D eigenvalue weighted by Crippen LogP contribution is -2.20. The van der Waals surface area contributed by atoms with Gasteiger partial charge in [-0.1, -0.05) is 23.2 Å². The van der Waals surface area contributed by atoms with Crippen LogP contribution in [0, 0.1) is 13.8 Å². The van der Waals surface area contributed by atoms with Gasteiger partial charge in [0.15, 0.2) is 5.11 Å². The molecule has 7 heteroatoms. The van der Waals surface area contributed by atoms with Crippen molar-refractivity contribution >= 4 is 51.9 Å². The Morgan fingerprint density at radius 3 is 2.63 bits per heavy atom. The highest BCUT2D eigenvalue weighted by atomic mass is 35.5. The molecule has 0 unspecified atom stereocenters. The van der Waals surface area contributed by atoms with Crippen molar-refractivity contribution in [2.24, 2.45) is 0 Å². The van der Waals surface area contributed by atoms with E-state index in [0.29, 0.717) is 20.8 Å². The molecule has 1 aromatic heterocycles. The summed E-state index contributed by atoms with van der Waals surface area (Å²) in [5.41, 5.74) is 3.28. The molecule has 0 atom stereocenters. The first-order valence-electron chi connectivity index (χ1n) is 5.52. The van der Waals surface area contributed by atoms with Crippen LogP contribution in [0.1, 0.15) is 11.4 Å². The lowest BCUT2D eigenvalue weighted by atomic mass is 10.3. The van der Waals surface area contributed by atoms with Crippen LogP contribution in [0.25, 0.3) is 0 Å². The number of aromatic amines is 1. The number of aryl methyl sites for hydroxylation is 2. The summed E-state index contributed by atoms with van der Waals surface area (Å²) in [6, 6.07) is 5.14. The van der Waals surface area contributed by atoms with E-state index in [0.717, 1.165) is 17.1 Å². The number of hydrogen-bond acceptors (Lipinski definition) is 2. The van der Waals surface area contributed by atoms with Crippen molar-refractivity contribution in [1.82, 2.24) is 10.2 Å². The lowest BCUT2D eigenvalue weighted by molar-refractivity contribution is 1.02. The van der Waals surface area contributed by atoms with Crippen LogP contribution in [0.15, 0.2) is 18.2 Å². The summed E-state index contributed by atoms with van der Waals surface area (Å²) >= 11 is 17.2. The number of H-pyrrole nitrogens is 1. The van der Waals surface area contributed by atoms with Crippen molar-refractivity contribution in [3.63, 3.8) is 0 Å². The summed E-state index contributed by atoms with van der Waals surface area (Å²) in [5.74, 6) is 0. The molecule has 0 saturated heterocycles. The molecule has 0 radical (unpaired) electrons. The molecular formula is C12H12Cl2N4S. The van der Waals surface area contributed by atoms with E-state index in [2.05, 4.69) is 20.8 Å². The van der Waals surface area contributed by atoms with E-state index in [1.807, 2.05) is 13.8 Å². The molecule has 0 aliphatic rings. The first kappa shape index (κ1) is 14.1. The number of hydrogen-bond donors (Lipinski definition) is 3. The normalized spacial score (nSPS) is 10.3. The van der Waals surface area contributed by atoms with Crippen molar-refractivity contribution in [2.45, 2.75) is 13.8 Å². The fourth-order valence-corrected chi connectivity index (χ4v) is 2.14. The molecule has 0 saturated carbocycles. The first-order chi connectivity index (χ1) is 8.97. The van der Waals surface area contributed by atoms with Gasteiger partial charge in [-0.2, -0.15) is 5.10 Å². The fourth-order valence-electron chi connectivity index (χ4n) is 1.60. The van der Waals surface area contributed by atoms with Gasteiger partial charge in [-0.05, 0) is 44.3 Å². The SMILES string of the molecule is Cc1n[nH]c(C)c1NC(=S)Nc1cc(Cl)ccc1Cl. The van der Waals surface area contributed by atoms with Gasteiger partial charge in [-0.25, -0.2) is 0 Å². The maximum Gasteiger partial charge on any atom is 0.175 e. The minimum absolute atomic E-state index is 0.428. The van der Waals surface area contributed by atoms with E-state index in [1.165, 1.54) is 0 Å². The fraction of sp³-hybridized carbons (Fsp3) is 0.167. The van der Waals surface area contributed by atoms with Crippen LogP contribution >= 0.6 is 35.4 Å². The molecule has 2 rings (SSSR count). The largest absolute Gasteiger partial charge is 0.331 e. The predicted octanol–water partition coefficient (Wildman–Crippen LogP) is 4.14. The predicted molar refractivity (Wildman–Crippen MR) is 84.4 cm³/mol. The molecule has 0 aliphatic carbocycles. The Morgan fingerprint density at radius 2 is 2.00 bits per heavy atom. The molecule has 0 bridgehead atoms. The van der Waals surface area contributed by atoms with Crippen molar-refractivity contribution in [3.8, 4) is 0 Å². The molecule has 0 amide bonds. The van der Waals surface area contributed by atoms with E-state index in [9.17, 15) is 0 Å². The zero-order valence-electron chi connectivity index (χ0n) is 10.3. The van der Waals surface area contributed by atoms with Gasteiger partial charge in [0, 0.05) is 5.02 Å². The van der Waals surface area contributed by atoms with Crippen LogP contribution in [-0.2, 0) is 0 Å². The van der Waals surface area contributed by atoms with Gasteiger partial charge in [0.05, 0.1) is 27.8 Å². The standard InChI is InChI=1S/C12H12Cl2N4S/c1-6-11(7(2)18-17-6)16-12(19)15-10-5-8(13)3-4-9(10)14/h3-5H,1-2H3,(H,17,18)(H2,15,16,19). The van der Waals surface area contributed by atoms with E-state index in [4.69, 9.17) is 35.4 Å². The summed E-state index contributed by atoms with van der Waals surface area (Å²) in [7, 11) is 0. The monoisotopic (exact) mass is 314 g/mol. The first-order valence-corrected chi connectivity index (χ1v) is 6.68. The third-order valence-corrected chi connectivity index (χ3v) is 3.31. The Morgan fingerprint density at radius 1 is 1.26 bits per heavy atom. The number of thiocarbonyl (C=S) groups is 1. The van der Waals surface area contributed by atoms with Crippen LogP contribution in [0.2, 0.25) is 10.0 Å². The zero-order valence-corrected chi connectivity index (χ0v) is 12.7. The van der Waals surface area contributed by atoms with E-state index in [1.54, 1.807) is 18.2 Å². The molecule has 19 heavy (non-hydrogen) atoms. The van der Waals surface area contributed by atoms with Gasteiger partial charge in [0.25, 0.3) is 0 Å². The Balaban J connectivity index is 2.12. The number of rotatable bonds is 2. The smallest absolute Gasteiger partial charge is 0.175 e. The Kier molecular flexibility index (Phi) is 4.29. The highest BCUT2D eigenvalue weighted by Crippen LogP contribution is 2.26. The summed E-state index contributed by atoms with van der Waals surface area (Å²) in [6.45, 7) is 3.80. The molecule has 1 aromatic carbocycles. The Hall–Kier alpha value is -1.30. The number of halogens is 2. The average molecular weight is 315 g/mol. The lowest BCUT2D eigenvalue weighted by Gasteiger charge is -2.12. The van der Waals surface area contributed by atoms with Crippen LogP contribution in [-0.4, -0.2) is 15.3 Å². The second-order valence-corrected chi connectivity index (χ2v) is 5.26. The molecule has 0 fully saturated rings. The summed E-state index contributed by atoms with van der Waals surface area (Å²) in [6.07, 6.45) is 0. The summed E-state index contributed by atoms with van der Waals surface area (Å²) in [5, 5.41) is 14.6. The number of anilines is 2. The topological polar surface area (TPSA) is 52.7 Å². The summed E-state index contributed by atoms with van der Waals surface area (Å²) < 4.78 is 0. The number of aromatic nitrogens is 2. The van der Waals surface area contributed by atoms with Gasteiger partial charge in [-0.3, -0.25) is 5.10 Å². The minimum atomic E-state index is 0.428. The highest BCUT2D eigenvalue weighted by molar-refractivity contribution is 7.80. The molecular weight excluding hydrogens is 303 g/mol. The maximum absolute atomic E-state index is 6.06. The van der Waals surface area contributed by atoms with Gasteiger partial charge in [-0.15, -0.1) is 0 Å². The second-order valence-electron chi connectivity index (χ2n) is 4.01. The number of benzene rings is 1. The molecule has 3 N–H and O–H groups in total. The Labute approximate surface area is 126 Å². The van der Waals surface area contributed by atoms with E-state index >= 15 is 0 Å². The Bertz CT molecular complexity index is 605. The van der Waals surface area contributed by atoms with Gasteiger partial charge < -0.3 is 10.6 Å². The highest BCUT2D eigenvalue weighted by Gasteiger charge is 2.09. The molecule has 100 valence electrons. The average Bonchev–Trinajstić information content (AvgIpc) is 2.65. The number of nitrogens with zero attached hydrogens (tertiary/aromatic N) is 1. The molecule has 4 nitrogen and oxygen atoms in total. The minimum Gasteiger partial charge on any atom is -0.331 e. The summed E-state index contributed by atoms with van der Waals surface area (Å²) in [4.78, 5) is 0. The van der Waals surface area contributed by atoms with Gasteiger partial charge in [0.1, 0.15) is 0 Å². The van der Waals surface area contributed by atoms with Crippen LogP contribution in [0.5, 0.6) is 0 Å². The van der Waals surface area contributed by atoms with Crippen molar-refractivity contribution in [3.05, 3.63) is 39.6 Å². The molecule has 0 aliphatic heterocycles. The van der Waals surface area contributed by atoms with E-state index in [-0.39, 0.29) is 0 Å². The van der Waals surface area contributed by atoms with Crippen LogP contribution in [0.3, 0.4) is 0 Å². The quantitative estimate of drug-likeness (QED) is 0.729. The molecule has 2 aromatic rings. The molecule has 0 spiro atoms. The number of nitrogens with one attached hydrogen (secondary N) is 3. The zero-order chi connectivity index (χ0) is 14.0. The third-order valence-electron chi connectivity index (χ3n) is 2.54. The van der Waals surface area contributed by atoms with Gasteiger partial charge >= 0.3 is 0 Å². The molecule has 1 heterocycles. The van der Waals surface area contributed by atoms with Crippen molar-refractivity contribution < 1.29 is 0 Å². The van der Waals surface area contributed by atoms with Crippen LogP contribution in [0.4, 0.5) is 11.4 Å². The maximum atomic E-state index is 6.06. The van der Waals surface area contributed by atoms with Crippen molar-refractivity contribution in [2.75, 3.05) is 10.6 Å².